The average Bonchev–Trinajstić information content (AvgIpc) is 2.39. The minimum atomic E-state index is -0.00450. The van der Waals surface area contributed by atoms with Crippen molar-refractivity contribution in [3.8, 4) is 0 Å². The zero-order valence-electron chi connectivity index (χ0n) is 15.0. The Hall–Kier alpha value is -1.05. The number of pyridine rings is 1. The number of hydrogen-bond acceptors (Lipinski definition) is 2. The predicted molar refractivity (Wildman–Crippen MR) is 109 cm³/mol. The Morgan fingerprint density at radius 1 is 1.26 bits per heavy atom. The van der Waals surface area contributed by atoms with Crippen molar-refractivity contribution in [1.82, 2.24) is 15.2 Å². The van der Waals surface area contributed by atoms with Crippen molar-refractivity contribution in [2.24, 2.45) is 4.99 Å². The molecule has 5 nitrogen and oxygen atoms in total. The van der Waals surface area contributed by atoms with Crippen LogP contribution in [0.15, 0.2) is 28.0 Å². The SMILES string of the molecule is CCNC(=NCCCCn1c(C)cccc1=O)NC(C)(C)C.I. The molecule has 0 radical (unpaired) electrons. The van der Waals surface area contributed by atoms with Crippen LogP contribution in [0.4, 0.5) is 0 Å². The van der Waals surface area contributed by atoms with Gasteiger partial charge >= 0.3 is 0 Å². The lowest BCUT2D eigenvalue weighted by Crippen LogP contribution is -2.47. The van der Waals surface area contributed by atoms with Crippen molar-refractivity contribution in [2.75, 3.05) is 13.1 Å². The van der Waals surface area contributed by atoms with Gasteiger partial charge in [-0.3, -0.25) is 9.79 Å². The molecule has 6 heteroatoms. The third-order valence-corrected chi connectivity index (χ3v) is 3.17. The monoisotopic (exact) mass is 434 g/mol. The first-order valence-corrected chi connectivity index (χ1v) is 8.06. The first-order chi connectivity index (χ1) is 10.3. The molecule has 23 heavy (non-hydrogen) atoms. The molecule has 0 bridgehead atoms. The molecule has 0 amide bonds. The Morgan fingerprint density at radius 2 is 1.96 bits per heavy atom. The molecule has 1 rings (SSSR count). The van der Waals surface area contributed by atoms with E-state index < -0.39 is 0 Å². The van der Waals surface area contributed by atoms with Crippen molar-refractivity contribution in [1.29, 1.82) is 0 Å². The highest BCUT2D eigenvalue weighted by molar-refractivity contribution is 14.0. The summed E-state index contributed by atoms with van der Waals surface area (Å²) in [6.45, 7) is 12.7. The maximum atomic E-state index is 11.8. The fourth-order valence-electron chi connectivity index (χ4n) is 2.14. The maximum absolute atomic E-state index is 11.8. The number of unbranched alkanes of at least 4 members (excludes halogenated alkanes) is 1. The van der Waals surface area contributed by atoms with E-state index in [0.717, 1.165) is 44.1 Å². The molecule has 2 N–H and O–H groups in total. The van der Waals surface area contributed by atoms with Gasteiger partial charge in [0.25, 0.3) is 5.56 Å². The minimum absolute atomic E-state index is 0. The van der Waals surface area contributed by atoms with Crippen LogP contribution in [0.2, 0.25) is 0 Å². The molecule has 1 aromatic heterocycles. The van der Waals surface area contributed by atoms with Gasteiger partial charge in [-0.05, 0) is 53.5 Å². The number of aliphatic imine (C=N–C) groups is 1. The summed E-state index contributed by atoms with van der Waals surface area (Å²) in [5.74, 6) is 0.850. The number of guanidine groups is 1. The number of nitrogens with one attached hydrogen (secondary N) is 2. The van der Waals surface area contributed by atoms with Gasteiger partial charge in [0.15, 0.2) is 5.96 Å². The number of aryl methyl sites for hydroxylation is 1. The Bertz CT molecular complexity index is 546. The molecule has 0 unspecified atom stereocenters. The van der Waals surface area contributed by atoms with Crippen molar-refractivity contribution in [3.63, 3.8) is 0 Å². The summed E-state index contributed by atoms with van der Waals surface area (Å²) in [5, 5.41) is 6.62. The molecule has 0 aromatic carbocycles. The quantitative estimate of drug-likeness (QED) is 0.313. The van der Waals surface area contributed by atoms with Gasteiger partial charge in [0.1, 0.15) is 0 Å². The van der Waals surface area contributed by atoms with E-state index in [9.17, 15) is 4.79 Å². The maximum Gasteiger partial charge on any atom is 0.250 e. The molecule has 132 valence electrons. The molecule has 1 aromatic rings. The zero-order valence-corrected chi connectivity index (χ0v) is 17.3. The van der Waals surface area contributed by atoms with Gasteiger partial charge in [-0.15, -0.1) is 24.0 Å². The molecule has 0 aliphatic carbocycles. The Balaban J connectivity index is 0.00000484. The third-order valence-electron chi connectivity index (χ3n) is 3.17. The second kappa shape index (κ2) is 10.7. The molecule has 0 aliphatic rings. The van der Waals surface area contributed by atoms with Crippen molar-refractivity contribution in [2.45, 2.75) is 59.5 Å². The molecule has 0 spiro atoms. The van der Waals surface area contributed by atoms with Crippen LogP contribution < -0.4 is 16.2 Å². The summed E-state index contributed by atoms with van der Waals surface area (Å²) in [6, 6.07) is 5.39. The summed E-state index contributed by atoms with van der Waals surface area (Å²) >= 11 is 0. The van der Waals surface area contributed by atoms with E-state index in [1.165, 1.54) is 0 Å². The Labute approximate surface area is 157 Å². The second-order valence-corrected chi connectivity index (χ2v) is 6.50. The lowest BCUT2D eigenvalue weighted by atomic mass is 10.1. The molecule has 0 fully saturated rings. The highest BCUT2D eigenvalue weighted by Crippen LogP contribution is 2.00. The summed E-state index contributed by atoms with van der Waals surface area (Å²) in [7, 11) is 0. The summed E-state index contributed by atoms with van der Waals surface area (Å²) < 4.78 is 1.82. The van der Waals surface area contributed by atoms with Gasteiger partial charge in [0.05, 0.1) is 0 Å². The van der Waals surface area contributed by atoms with Gasteiger partial charge in [-0.25, -0.2) is 0 Å². The zero-order chi connectivity index (χ0) is 16.6. The molecular formula is C17H31IN4O. The van der Waals surface area contributed by atoms with Gasteiger partial charge in [0.2, 0.25) is 0 Å². The average molecular weight is 434 g/mol. The molecule has 0 atom stereocenters. The lowest BCUT2D eigenvalue weighted by Gasteiger charge is -2.23. The van der Waals surface area contributed by atoms with Crippen LogP contribution in [-0.2, 0) is 6.54 Å². The summed E-state index contributed by atoms with van der Waals surface area (Å²) in [4.78, 5) is 16.4. The lowest BCUT2D eigenvalue weighted by molar-refractivity contribution is 0.500. The van der Waals surface area contributed by atoms with Crippen LogP contribution in [-0.4, -0.2) is 29.2 Å². The fraction of sp³-hybridized carbons (Fsp3) is 0.647. The van der Waals surface area contributed by atoms with Crippen molar-refractivity contribution < 1.29 is 0 Å². The van der Waals surface area contributed by atoms with Crippen LogP contribution in [0.5, 0.6) is 0 Å². The number of rotatable bonds is 6. The normalized spacial score (nSPS) is 11.8. The Morgan fingerprint density at radius 3 is 2.52 bits per heavy atom. The largest absolute Gasteiger partial charge is 0.357 e. The van der Waals surface area contributed by atoms with E-state index >= 15 is 0 Å². The third kappa shape index (κ3) is 8.98. The van der Waals surface area contributed by atoms with Crippen LogP contribution >= 0.6 is 24.0 Å². The van der Waals surface area contributed by atoms with E-state index in [0.29, 0.717) is 0 Å². The highest BCUT2D eigenvalue weighted by atomic mass is 127. The Kier molecular flexibility index (Phi) is 10.2. The van der Waals surface area contributed by atoms with Gasteiger partial charge in [0, 0.05) is 36.9 Å². The smallest absolute Gasteiger partial charge is 0.250 e. The van der Waals surface area contributed by atoms with Crippen molar-refractivity contribution in [3.05, 3.63) is 34.2 Å². The number of halogens is 1. The fourth-order valence-corrected chi connectivity index (χ4v) is 2.14. The topological polar surface area (TPSA) is 58.4 Å². The first-order valence-electron chi connectivity index (χ1n) is 8.06. The van der Waals surface area contributed by atoms with E-state index in [1.54, 1.807) is 12.1 Å². The van der Waals surface area contributed by atoms with Crippen LogP contribution in [0.1, 0.15) is 46.2 Å². The standard InChI is InChI=1S/C17H30N4O.HI/c1-6-18-16(20-17(3,4)5)19-12-7-8-13-21-14(2)10-9-11-15(21)22;/h9-11H,6-8,12-13H2,1-5H3,(H2,18,19,20);1H. The second-order valence-electron chi connectivity index (χ2n) is 6.50. The van der Waals surface area contributed by atoms with E-state index in [-0.39, 0.29) is 35.1 Å². The summed E-state index contributed by atoms with van der Waals surface area (Å²) in [6.07, 6.45) is 1.91. The van der Waals surface area contributed by atoms with Crippen LogP contribution in [0, 0.1) is 6.92 Å². The van der Waals surface area contributed by atoms with E-state index in [2.05, 4.69) is 43.3 Å². The molecule has 0 saturated heterocycles. The predicted octanol–water partition coefficient (Wildman–Crippen LogP) is 2.91. The van der Waals surface area contributed by atoms with Crippen LogP contribution in [0.25, 0.3) is 0 Å². The van der Waals surface area contributed by atoms with E-state index in [1.807, 2.05) is 17.6 Å². The van der Waals surface area contributed by atoms with Crippen LogP contribution in [0.3, 0.4) is 0 Å². The van der Waals surface area contributed by atoms with Gasteiger partial charge < -0.3 is 15.2 Å². The minimum Gasteiger partial charge on any atom is -0.357 e. The molecular weight excluding hydrogens is 403 g/mol. The molecule has 1 heterocycles. The highest BCUT2D eigenvalue weighted by Gasteiger charge is 2.11. The number of hydrogen-bond donors (Lipinski definition) is 2. The molecule has 0 saturated carbocycles. The van der Waals surface area contributed by atoms with Gasteiger partial charge in [-0.2, -0.15) is 0 Å². The number of nitrogens with zero attached hydrogens (tertiary/aromatic N) is 2. The molecule has 0 aliphatic heterocycles. The van der Waals surface area contributed by atoms with E-state index in [4.69, 9.17) is 0 Å². The number of aromatic nitrogens is 1. The summed E-state index contributed by atoms with van der Waals surface area (Å²) in [5.41, 5.74) is 1.08. The van der Waals surface area contributed by atoms with Crippen molar-refractivity contribution >= 4 is 29.9 Å². The van der Waals surface area contributed by atoms with Gasteiger partial charge in [-0.1, -0.05) is 6.07 Å². The first kappa shape index (κ1) is 21.9.